The highest BCUT2D eigenvalue weighted by Crippen LogP contribution is 2.21. The summed E-state index contributed by atoms with van der Waals surface area (Å²) >= 11 is 0. The molecule has 25 heavy (non-hydrogen) atoms. The van der Waals surface area contributed by atoms with Crippen LogP contribution in [0.1, 0.15) is 40.3 Å². The molecule has 2 saturated heterocycles. The van der Waals surface area contributed by atoms with E-state index in [1.165, 1.54) is 12.8 Å². The molecule has 0 aliphatic carbocycles. The van der Waals surface area contributed by atoms with E-state index in [1.807, 2.05) is 26.8 Å². The monoisotopic (exact) mass is 343 g/mol. The van der Waals surface area contributed by atoms with Crippen molar-refractivity contribution in [2.24, 2.45) is 0 Å². The third-order valence-electron chi connectivity index (χ3n) is 5.27. The zero-order valence-corrected chi connectivity index (χ0v) is 15.1. The number of ether oxygens (including phenoxy) is 1. The molecule has 4 heterocycles. The lowest BCUT2D eigenvalue weighted by Gasteiger charge is -2.27. The van der Waals surface area contributed by atoms with Crippen molar-refractivity contribution in [1.82, 2.24) is 24.8 Å². The fourth-order valence-corrected chi connectivity index (χ4v) is 4.05. The van der Waals surface area contributed by atoms with E-state index in [0.717, 1.165) is 24.5 Å². The summed E-state index contributed by atoms with van der Waals surface area (Å²) in [6.45, 7) is 9.22. The molecule has 2 aromatic heterocycles. The lowest BCUT2D eigenvalue weighted by molar-refractivity contribution is 0.0917. The Morgan fingerprint density at radius 1 is 1.24 bits per heavy atom. The molecule has 0 radical (unpaired) electrons. The zero-order chi connectivity index (χ0) is 17.6. The summed E-state index contributed by atoms with van der Waals surface area (Å²) < 4.78 is 7.41. The second-order valence-electron chi connectivity index (χ2n) is 7.16. The third-order valence-corrected chi connectivity index (χ3v) is 5.27. The molecule has 2 aromatic rings. The van der Waals surface area contributed by atoms with Gasteiger partial charge in [0.25, 0.3) is 5.91 Å². The van der Waals surface area contributed by atoms with E-state index in [4.69, 9.17) is 4.74 Å². The number of carbonyl (C=O) groups is 1. The summed E-state index contributed by atoms with van der Waals surface area (Å²) in [5.41, 5.74) is 3.76. The maximum atomic E-state index is 13.0. The number of amides is 1. The van der Waals surface area contributed by atoms with Gasteiger partial charge in [-0.25, -0.2) is 9.50 Å². The van der Waals surface area contributed by atoms with Gasteiger partial charge in [0.2, 0.25) is 0 Å². The molecule has 2 atom stereocenters. The van der Waals surface area contributed by atoms with Crippen LogP contribution in [0.25, 0.3) is 5.65 Å². The van der Waals surface area contributed by atoms with E-state index in [1.54, 1.807) is 4.52 Å². The standard InChI is InChI=1S/C18H25N5O2/c1-11-8-12(2)23-17(19-11)16(13(3)21-23)18(24)20-14-9-25-10-15(14)22-6-4-5-7-22/h8,14-15H,4-7,9-10H2,1-3H3,(H,20,24)/t14-,15-/m1/s1. The highest BCUT2D eigenvalue weighted by molar-refractivity contribution is 6.01. The normalized spacial score (nSPS) is 24.3. The van der Waals surface area contributed by atoms with Gasteiger partial charge < -0.3 is 10.1 Å². The van der Waals surface area contributed by atoms with Gasteiger partial charge in [0.1, 0.15) is 5.56 Å². The van der Waals surface area contributed by atoms with Crippen LogP contribution in [0.15, 0.2) is 6.07 Å². The second-order valence-corrected chi connectivity index (χ2v) is 7.16. The maximum Gasteiger partial charge on any atom is 0.257 e. The van der Waals surface area contributed by atoms with E-state index in [2.05, 4.69) is 20.3 Å². The number of aryl methyl sites for hydroxylation is 3. The molecule has 0 unspecified atom stereocenters. The van der Waals surface area contributed by atoms with E-state index in [9.17, 15) is 4.79 Å². The molecule has 1 N–H and O–H groups in total. The first-order valence-corrected chi connectivity index (χ1v) is 9.01. The van der Waals surface area contributed by atoms with Crippen LogP contribution in [0.3, 0.4) is 0 Å². The molecule has 7 nitrogen and oxygen atoms in total. The van der Waals surface area contributed by atoms with Crippen LogP contribution in [-0.2, 0) is 4.74 Å². The Kier molecular flexibility index (Phi) is 4.21. The Bertz CT molecular complexity index is 809. The largest absolute Gasteiger partial charge is 0.378 e. The average molecular weight is 343 g/mol. The molecule has 0 bridgehead atoms. The van der Waals surface area contributed by atoms with Crippen molar-refractivity contribution in [3.05, 3.63) is 28.7 Å². The summed E-state index contributed by atoms with van der Waals surface area (Å²) in [5.74, 6) is -0.107. The summed E-state index contributed by atoms with van der Waals surface area (Å²) in [7, 11) is 0. The van der Waals surface area contributed by atoms with Crippen molar-refractivity contribution in [3.8, 4) is 0 Å². The maximum absolute atomic E-state index is 13.0. The van der Waals surface area contributed by atoms with Gasteiger partial charge in [0.05, 0.1) is 31.0 Å². The predicted molar refractivity (Wildman–Crippen MR) is 93.9 cm³/mol. The molecule has 0 saturated carbocycles. The number of likely N-dealkylation sites (tertiary alicyclic amines) is 1. The van der Waals surface area contributed by atoms with Crippen LogP contribution in [0.2, 0.25) is 0 Å². The fourth-order valence-electron chi connectivity index (χ4n) is 4.05. The molecule has 2 aliphatic heterocycles. The predicted octanol–water partition coefficient (Wildman–Crippen LogP) is 1.25. The molecular weight excluding hydrogens is 318 g/mol. The van der Waals surface area contributed by atoms with Crippen molar-refractivity contribution < 1.29 is 9.53 Å². The minimum Gasteiger partial charge on any atom is -0.378 e. The minimum absolute atomic E-state index is 0.0193. The van der Waals surface area contributed by atoms with Crippen LogP contribution in [0.5, 0.6) is 0 Å². The van der Waals surface area contributed by atoms with Crippen molar-refractivity contribution in [1.29, 1.82) is 0 Å². The molecule has 0 aromatic carbocycles. The highest BCUT2D eigenvalue weighted by Gasteiger charge is 2.36. The quantitative estimate of drug-likeness (QED) is 0.908. The van der Waals surface area contributed by atoms with Crippen LogP contribution in [-0.4, -0.2) is 63.8 Å². The number of carbonyl (C=O) groups excluding carboxylic acids is 1. The fraction of sp³-hybridized carbons (Fsp3) is 0.611. The number of rotatable bonds is 3. The summed E-state index contributed by atoms with van der Waals surface area (Å²) in [4.78, 5) is 20.0. The number of hydrogen-bond acceptors (Lipinski definition) is 5. The Balaban J connectivity index is 1.61. The summed E-state index contributed by atoms with van der Waals surface area (Å²) in [6, 6.07) is 2.26. The van der Waals surface area contributed by atoms with Gasteiger partial charge in [-0.05, 0) is 52.8 Å². The van der Waals surface area contributed by atoms with Crippen LogP contribution < -0.4 is 5.32 Å². The molecule has 2 aliphatic rings. The smallest absolute Gasteiger partial charge is 0.257 e. The summed E-state index contributed by atoms with van der Waals surface area (Å²) in [5, 5.41) is 7.68. The second kappa shape index (κ2) is 6.38. The summed E-state index contributed by atoms with van der Waals surface area (Å²) in [6.07, 6.45) is 2.46. The van der Waals surface area contributed by atoms with Crippen LogP contribution in [0.4, 0.5) is 0 Å². The Morgan fingerprint density at radius 2 is 2.00 bits per heavy atom. The van der Waals surface area contributed by atoms with Gasteiger partial charge in [-0.3, -0.25) is 9.69 Å². The average Bonchev–Trinajstić information content (AvgIpc) is 3.25. The van der Waals surface area contributed by atoms with Crippen molar-refractivity contribution in [2.45, 2.75) is 45.7 Å². The number of nitrogens with zero attached hydrogens (tertiary/aromatic N) is 4. The molecule has 4 rings (SSSR count). The van der Waals surface area contributed by atoms with Gasteiger partial charge in [0.15, 0.2) is 5.65 Å². The van der Waals surface area contributed by atoms with Crippen molar-refractivity contribution >= 4 is 11.6 Å². The minimum atomic E-state index is -0.107. The van der Waals surface area contributed by atoms with Crippen molar-refractivity contribution in [3.63, 3.8) is 0 Å². The third kappa shape index (κ3) is 2.91. The molecular formula is C18H25N5O2. The van der Waals surface area contributed by atoms with Gasteiger partial charge in [-0.15, -0.1) is 0 Å². The number of aromatic nitrogens is 3. The lowest BCUT2D eigenvalue weighted by atomic mass is 10.1. The number of nitrogens with one attached hydrogen (secondary N) is 1. The molecule has 1 amide bonds. The van der Waals surface area contributed by atoms with Gasteiger partial charge >= 0.3 is 0 Å². The molecule has 134 valence electrons. The Morgan fingerprint density at radius 3 is 2.76 bits per heavy atom. The van der Waals surface area contributed by atoms with E-state index in [-0.39, 0.29) is 18.0 Å². The van der Waals surface area contributed by atoms with E-state index >= 15 is 0 Å². The lowest BCUT2D eigenvalue weighted by Crippen LogP contribution is -2.50. The van der Waals surface area contributed by atoms with E-state index in [0.29, 0.717) is 30.1 Å². The molecule has 2 fully saturated rings. The topological polar surface area (TPSA) is 71.8 Å². The number of fused-ring (bicyclic) bond motifs is 1. The SMILES string of the molecule is Cc1cc(C)n2nc(C)c(C(=O)N[C@@H]3COC[C@H]3N3CCCC3)c2n1. The first-order valence-electron chi connectivity index (χ1n) is 9.01. The Hall–Kier alpha value is -1.99. The number of hydrogen-bond donors (Lipinski definition) is 1. The molecule has 7 heteroatoms. The first-order chi connectivity index (χ1) is 12.0. The van der Waals surface area contributed by atoms with Gasteiger partial charge in [-0.2, -0.15) is 5.10 Å². The van der Waals surface area contributed by atoms with E-state index < -0.39 is 0 Å². The van der Waals surface area contributed by atoms with Gasteiger partial charge in [0, 0.05) is 11.4 Å². The molecule has 0 spiro atoms. The Labute approximate surface area is 147 Å². The highest BCUT2D eigenvalue weighted by atomic mass is 16.5. The van der Waals surface area contributed by atoms with Gasteiger partial charge in [-0.1, -0.05) is 0 Å². The van der Waals surface area contributed by atoms with Crippen LogP contribution in [0, 0.1) is 20.8 Å². The zero-order valence-electron chi connectivity index (χ0n) is 15.1. The van der Waals surface area contributed by atoms with Crippen LogP contribution >= 0.6 is 0 Å². The first kappa shape index (κ1) is 16.5. The van der Waals surface area contributed by atoms with Crippen molar-refractivity contribution in [2.75, 3.05) is 26.3 Å².